The Morgan fingerprint density at radius 2 is 1.88 bits per heavy atom. The van der Waals surface area contributed by atoms with Gasteiger partial charge in [-0.25, -0.2) is 0 Å². The minimum Gasteiger partial charge on any atom is -0.271 e. The largest absolute Gasteiger partial charge is 0.271 e. The minimum absolute atomic E-state index is 0.0751. The summed E-state index contributed by atoms with van der Waals surface area (Å²) in [6.07, 6.45) is 8.06. The van der Waals surface area contributed by atoms with Crippen molar-refractivity contribution in [3.8, 4) is 0 Å². The van der Waals surface area contributed by atoms with E-state index >= 15 is 0 Å². The third kappa shape index (κ3) is 2.87. The molecule has 2 aromatic rings. The van der Waals surface area contributed by atoms with Crippen LogP contribution in [-0.2, 0) is 6.42 Å². The van der Waals surface area contributed by atoms with E-state index in [-0.39, 0.29) is 6.04 Å². The maximum Gasteiger partial charge on any atom is 0.0518 e. The molecule has 4 nitrogen and oxygen atoms in total. The fourth-order valence-corrected chi connectivity index (χ4v) is 1.85. The molecular weight excluding hydrogens is 212 g/mol. The summed E-state index contributed by atoms with van der Waals surface area (Å²) in [6.45, 7) is 2.06. The molecule has 2 rings (SSSR count). The van der Waals surface area contributed by atoms with Gasteiger partial charge in [0, 0.05) is 24.8 Å². The predicted molar refractivity (Wildman–Crippen MR) is 67.0 cm³/mol. The quantitative estimate of drug-likeness (QED) is 0.615. The Morgan fingerprint density at radius 1 is 1.18 bits per heavy atom. The fraction of sp³-hybridized carbons (Fsp3) is 0.231. The third-order valence-electron chi connectivity index (χ3n) is 2.85. The summed E-state index contributed by atoms with van der Waals surface area (Å²) in [6, 6.07) is 6.06. The lowest BCUT2D eigenvalue weighted by molar-refractivity contribution is 0.547. The van der Waals surface area contributed by atoms with Crippen molar-refractivity contribution >= 4 is 0 Å². The average molecular weight is 228 g/mol. The van der Waals surface area contributed by atoms with E-state index in [0.29, 0.717) is 0 Å². The molecule has 0 saturated carbocycles. The first-order valence-electron chi connectivity index (χ1n) is 5.57. The molecule has 2 heterocycles. The summed E-state index contributed by atoms with van der Waals surface area (Å²) >= 11 is 0. The van der Waals surface area contributed by atoms with Crippen LogP contribution < -0.4 is 11.3 Å². The number of nitrogens with one attached hydrogen (secondary N) is 1. The van der Waals surface area contributed by atoms with Gasteiger partial charge in [-0.2, -0.15) is 0 Å². The van der Waals surface area contributed by atoms with Crippen molar-refractivity contribution in [2.75, 3.05) is 0 Å². The van der Waals surface area contributed by atoms with Gasteiger partial charge in [0.25, 0.3) is 0 Å². The van der Waals surface area contributed by atoms with Crippen LogP contribution in [0.3, 0.4) is 0 Å². The van der Waals surface area contributed by atoms with E-state index in [1.165, 1.54) is 11.1 Å². The highest BCUT2D eigenvalue weighted by molar-refractivity contribution is 5.27. The second kappa shape index (κ2) is 5.52. The predicted octanol–water partition coefficient (Wildman–Crippen LogP) is 1.53. The number of hydrogen-bond acceptors (Lipinski definition) is 4. The van der Waals surface area contributed by atoms with Crippen LogP contribution in [0.2, 0.25) is 0 Å². The summed E-state index contributed by atoms with van der Waals surface area (Å²) in [5, 5.41) is 0. The van der Waals surface area contributed by atoms with E-state index < -0.39 is 0 Å². The summed E-state index contributed by atoms with van der Waals surface area (Å²) in [7, 11) is 0. The SMILES string of the molecule is Cc1ccncc1C(Cc1ccncc1)NN. The second-order valence-corrected chi connectivity index (χ2v) is 4.01. The Bertz CT molecular complexity index is 470. The van der Waals surface area contributed by atoms with Gasteiger partial charge in [-0.15, -0.1) is 0 Å². The van der Waals surface area contributed by atoms with Gasteiger partial charge in [0.2, 0.25) is 0 Å². The van der Waals surface area contributed by atoms with Crippen LogP contribution in [0, 0.1) is 6.92 Å². The molecule has 0 spiro atoms. The Hall–Kier alpha value is -1.78. The lowest BCUT2D eigenvalue weighted by Crippen LogP contribution is -2.30. The Kier molecular flexibility index (Phi) is 3.80. The van der Waals surface area contributed by atoms with Gasteiger partial charge in [0.1, 0.15) is 0 Å². The number of hydrogen-bond donors (Lipinski definition) is 2. The minimum atomic E-state index is 0.0751. The van der Waals surface area contributed by atoms with Gasteiger partial charge in [-0.05, 0) is 48.2 Å². The zero-order chi connectivity index (χ0) is 12.1. The topological polar surface area (TPSA) is 63.8 Å². The van der Waals surface area contributed by atoms with Crippen LogP contribution in [0.25, 0.3) is 0 Å². The monoisotopic (exact) mass is 228 g/mol. The first kappa shape index (κ1) is 11.7. The van der Waals surface area contributed by atoms with Crippen molar-refractivity contribution in [2.45, 2.75) is 19.4 Å². The molecular formula is C13H16N4. The molecule has 0 aliphatic heterocycles. The molecule has 0 amide bonds. The smallest absolute Gasteiger partial charge is 0.0518 e. The molecule has 0 aliphatic rings. The number of hydrazine groups is 1. The van der Waals surface area contributed by atoms with Crippen molar-refractivity contribution < 1.29 is 0 Å². The van der Waals surface area contributed by atoms with Crippen LogP contribution in [0.1, 0.15) is 22.7 Å². The molecule has 3 N–H and O–H groups in total. The highest BCUT2D eigenvalue weighted by Gasteiger charge is 2.12. The maximum absolute atomic E-state index is 5.63. The molecule has 4 heteroatoms. The molecule has 0 radical (unpaired) electrons. The number of aryl methyl sites for hydroxylation is 1. The molecule has 17 heavy (non-hydrogen) atoms. The summed E-state index contributed by atoms with van der Waals surface area (Å²) in [4.78, 5) is 8.15. The van der Waals surface area contributed by atoms with Crippen molar-refractivity contribution in [3.63, 3.8) is 0 Å². The van der Waals surface area contributed by atoms with Crippen molar-refractivity contribution in [1.29, 1.82) is 0 Å². The van der Waals surface area contributed by atoms with E-state index in [1.807, 2.05) is 24.4 Å². The van der Waals surface area contributed by atoms with Gasteiger partial charge in [-0.1, -0.05) is 0 Å². The summed E-state index contributed by atoms with van der Waals surface area (Å²) < 4.78 is 0. The lowest BCUT2D eigenvalue weighted by atomic mass is 9.98. The molecule has 0 aromatic carbocycles. The standard InChI is InChI=1S/C13H16N4/c1-10-2-5-16-9-12(10)13(17-14)8-11-3-6-15-7-4-11/h2-7,9,13,17H,8,14H2,1H3. The molecule has 88 valence electrons. The molecule has 0 saturated heterocycles. The van der Waals surface area contributed by atoms with Gasteiger partial charge >= 0.3 is 0 Å². The van der Waals surface area contributed by atoms with Gasteiger partial charge in [-0.3, -0.25) is 21.2 Å². The summed E-state index contributed by atoms with van der Waals surface area (Å²) in [5.41, 5.74) is 6.37. The Labute approximate surface area is 101 Å². The first-order valence-corrected chi connectivity index (χ1v) is 5.57. The van der Waals surface area contributed by atoms with Gasteiger partial charge in [0.05, 0.1) is 6.04 Å². The number of nitrogens with zero attached hydrogens (tertiary/aromatic N) is 2. The molecule has 1 unspecified atom stereocenters. The second-order valence-electron chi connectivity index (χ2n) is 4.01. The molecule has 2 aromatic heterocycles. The average Bonchev–Trinajstić information content (AvgIpc) is 2.38. The van der Waals surface area contributed by atoms with Crippen molar-refractivity contribution in [1.82, 2.24) is 15.4 Å². The zero-order valence-corrected chi connectivity index (χ0v) is 9.80. The van der Waals surface area contributed by atoms with E-state index in [2.05, 4.69) is 22.3 Å². The lowest BCUT2D eigenvalue weighted by Gasteiger charge is -2.17. The van der Waals surface area contributed by atoms with Crippen LogP contribution in [0.5, 0.6) is 0 Å². The third-order valence-corrected chi connectivity index (χ3v) is 2.85. The normalized spacial score (nSPS) is 12.4. The first-order chi connectivity index (χ1) is 8.31. The molecule has 0 bridgehead atoms. The Morgan fingerprint density at radius 3 is 2.53 bits per heavy atom. The van der Waals surface area contributed by atoms with E-state index in [4.69, 9.17) is 5.84 Å². The zero-order valence-electron chi connectivity index (χ0n) is 9.80. The highest BCUT2D eigenvalue weighted by Crippen LogP contribution is 2.19. The number of rotatable bonds is 4. The number of pyridine rings is 2. The van der Waals surface area contributed by atoms with E-state index in [0.717, 1.165) is 12.0 Å². The van der Waals surface area contributed by atoms with Crippen molar-refractivity contribution in [2.24, 2.45) is 5.84 Å². The number of aromatic nitrogens is 2. The summed E-state index contributed by atoms with van der Waals surface area (Å²) in [5.74, 6) is 5.63. The van der Waals surface area contributed by atoms with E-state index in [9.17, 15) is 0 Å². The molecule has 1 atom stereocenters. The van der Waals surface area contributed by atoms with Gasteiger partial charge in [0.15, 0.2) is 0 Å². The van der Waals surface area contributed by atoms with E-state index in [1.54, 1.807) is 18.6 Å². The van der Waals surface area contributed by atoms with Crippen LogP contribution in [0.4, 0.5) is 0 Å². The van der Waals surface area contributed by atoms with Crippen LogP contribution in [-0.4, -0.2) is 9.97 Å². The fourth-order valence-electron chi connectivity index (χ4n) is 1.85. The van der Waals surface area contributed by atoms with Gasteiger partial charge < -0.3 is 0 Å². The maximum atomic E-state index is 5.63. The Balaban J connectivity index is 2.21. The molecule has 0 aliphatic carbocycles. The number of nitrogens with two attached hydrogens (primary N) is 1. The molecule has 0 fully saturated rings. The van der Waals surface area contributed by atoms with Crippen molar-refractivity contribution in [3.05, 3.63) is 59.7 Å². The van der Waals surface area contributed by atoms with Crippen LogP contribution >= 0.6 is 0 Å². The highest BCUT2D eigenvalue weighted by atomic mass is 15.2. The van der Waals surface area contributed by atoms with Crippen LogP contribution in [0.15, 0.2) is 43.0 Å².